The van der Waals surface area contributed by atoms with E-state index in [9.17, 15) is 9.90 Å². The molecule has 0 aliphatic carbocycles. The maximum atomic E-state index is 12.1. The van der Waals surface area contributed by atoms with Crippen LogP contribution in [0.2, 0.25) is 0 Å². The van der Waals surface area contributed by atoms with Crippen molar-refractivity contribution in [2.75, 3.05) is 13.2 Å². The highest BCUT2D eigenvalue weighted by atomic mass is 16.5. The molecule has 1 atom stereocenters. The maximum absolute atomic E-state index is 12.1. The number of nitrogens with one attached hydrogen (secondary N) is 3. The minimum Gasteiger partial charge on any atom is -0.490 e. The van der Waals surface area contributed by atoms with E-state index in [0.29, 0.717) is 12.3 Å². The molecule has 1 aromatic carbocycles. The number of H-pyrrole nitrogens is 1. The lowest BCUT2D eigenvalue weighted by Gasteiger charge is -2.23. The van der Waals surface area contributed by atoms with Gasteiger partial charge in [-0.05, 0) is 52.3 Å². The fourth-order valence-electron chi connectivity index (χ4n) is 2.53. The van der Waals surface area contributed by atoms with Crippen LogP contribution in [0.5, 0.6) is 5.75 Å². The van der Waals surface area contributed by atoms with E-state index in [4.69, 9.17) is 4.74 Å². The molecule has 4 N–H and O–H groups in total. The Hall–Kier alpha value is -2.38. The predicted molar refractivity (Wildman–Crippen MR) is 108 cm³/mol. The molecule has 0 radical (unpaired) electrons. The van der Waals surface area contributed by atoms with Gasteiger partial charge in [-0.25, -0.2) is 5.43 Å². The molecule has 0 fully saturated rings. The van der Waals surface area contributed by atoms with Crippen molar-refractivity contribution < 1.29 is 14.6 Å². The number of aromatic amines is 1. The molecule has 0 saturated heterocycles. The molecular formula is C20H30N4O3. The van der Waals surface area contributed by atoms with Crippen molar-refractivity contribution in [3.63, 3.8) is 0 Å². The molecule has 0 aliphatic rings. The average molecular weight is 374 g/mol. The Labute approximate surface area is 160 Å². The van der Waals surface area contributed by atoms with E-state index >= 15 is 0 Å². The summed E-state index contributed by atoms with van der Waals surface area (Å²) in [6.45, 7) is 10.4. The van der Waals surface area contributed by atoms with Gasteiger partial charge in [-0.3, -0.25) is 4.79 Å². The molecule has 1 amide bonds. The van der Waals surface area contributed by atoms with Gasteiger partial charge in [-0.15, -0.1) is 0 Å². The van der Waals surface area contributed by atoms with Crippen molar-refractivity contribution in [1.29, 1.82) is 0 Å². The zero-order valence-corrected chi connectivity index (χ0v) is 16.7. The van der Waals surface area contributed by atoms with Crippen molar-refractivity contribution in [3.8, 4) is 5.75 Å². The van der Waals surface area contributed by atoms with Gasteiger partial charge in [0.1, 0.15) is 18.5 Å². The number of nitrogens with zero attached hydrogens (tertiary/aromatic N) is 1. The average Bonchev–Trinajstić information content (AvgIpc) is 2.99. The topological polar surface area (TPSA) is 98.7 Å². The highest BCUT2D eigenvalue weighted by Crippen LogP contribution is 2.29. The van der Waals surface area contributed by atoms with Crippen molar-refractivity contribution in [2.45, 2.75) is 52.7 Å². The van der Waals surface area contributed by atoms with Crippen LogP contribution in [0.4, 0.5) is 0 Å². The van der Waals surface area contributed by atoms with Crippen LogP contribution in [0.15, 0.2) is 29.5 Å². The first-order valence-corrected chi connectivity index (χ1v) is 9.10. The van der Waals surface area contributed by atoms with Gasteiger partial charge < -0.3 is 20.1 Å². The quantitative estimate of drug-likeness (QED) is 0.421. The van der Waals surface area contributed by atoms with Crippen LogP contribution in [0.1, 0.15) is 40.2 Å². The third-order valence-electron chi connectivity index (χ3n) is 3.80. The number of hydrogen-bond donors (Lipinski definition) is 4. The van der Waals surface area contributed by atoms with E-state index in [-0.39, 0.29) is 24.5 Å². The third kappa shape index (κ3) is 6.69. The highest BCUT2D eigenvalue weighted by molar-refractivity contribution is 5.93. The van der Waals surface area contributed by atoms with E-state index in [2.05, 4.69) is 20.8 Å². The Kier molecular flexibility index (Phi) is 6.98. The van der Waals surface area contributed by atoms with Crippen LogP contribution >= 0.6 is 0 Å². The Morgan fingerprint density at radius 2 is 2.07 bits per heavy atom. The third-order valence-corrected chi connectivity index (χ3v) is 3.80. The SMILES string of the molecule is CC(C)=NNC(=O)Cc1c[nH]c2cccc(OCC(O)CNC(C)(C)C)c12. The molecule has 7 nitrogen and oxygen atoms in total. The van der Waals surface area contributed by atoms with Gasteiger partial charge in [0.15, 0.2) is 0 Å². The number of benzene rings is 1. The molecule has 1 aromatic heterocycles. The summed E-state index contributed by atoms with van der Waals surface area (Å²) >= 11 is 0. The summed E-state index contributed by atoms with van der Waals surface area (Å²) in [6.07, 6.45) is 1.36. The number of hydrazone groups is 1. The molecule has 27 heavy (non-hydrogen) atoms. The van der Waals surface area contributed by atoms with Gasteiger partial charge in [0, 0.05) is 34.9 Å². The lowest BCUT2D eigenvalue weighted by molar-refractivity contribution is -0.120. The fraction of sp³-hybridized carbons (Fsp3) is 0.500. The maximum Gasteiger partial charge on any atom is 0.244 e. The van der Waals surface area contributed by atoms with Gasteiger partial charge in [0.25, 0.3) is 0 Å². The molecule has 2 rings (SSSR count). The predicted octanol–water partition coefficient (Wildman–Crippen LogP) is 2.35. The van der Waals surface area contributed by atoms with Crippen LogP contribution in [-0.4, -0.2) is 46.5 Å². The highest BCUT2D eigenvalue weighted by Gasteiger charge is 2.16. The van der Waals surface area contributed by atoms with Crippen LogP contribution in [0.25, 0.3) is 10.9 Å². The Bertz CT molecular complexity index is 801. The van der Waals surface area contributed by atoms with E-state index < -0.39 is 6.10 Å². The smallest absolute Gasteiger partial charge is 0.244 e. The number of rotatable bonds is 8. The van der Waals surface area contributed by atoms with E-state index in [0.717, 1.165) is 22.2 Å². The van der Waals surface area contributed by atoms with Crippen molar-refractivity contribution in [1.82, 2.24) is 15.7 Å². The summed E-state index contributed by atoms with van der Waals surface area (Å²) in [5.74, 6) is 0.447. The van der Waals surface area contributed by atoms with E-state index in [1.54, 1.807) is 6.20 Å². The first-order valence-electron chi connectivity index (χ1n) is 9.10. The molecule has 0 saturated carbocycles. The number of aliphatic hydroxyl groups excluding tert-OH is 1. The molecule has 1 unspecified atom stereocenters. The normalized spacial score (nSPS) is 12.7. The number of β-amino-alcohol motifs (C(OH)–C–C–N with tert-alkyl or cyclic N) is 1. The summed E-state index contributed by atoms with van der Waals surface area (Å²) in [5, 5.41) is 18.2. The first kappa shape index (κ1) is 20.9. The lowest BCUT2D eigenvalue weighted by atomic mass is 10.1. The number of ether oxygens (including phenoxy) is 1. The minimum absolute atomic E-state index is 0.0680. The van der Waals surface area contributed by atoms with Crippen LogP contribution in [0.3, 0.4) is 0 Å². The molecule has 7 heteroatoms. The van der Waals surface area contributed by atoms with Gasteiger partial charge >= 0.3 is 0 Å². The Morgan fingerprint density at radius 1 is 1.33 bits per heavy atom. The Balaban J connectivity index is 2.07. The van der Waals surface area contributed by atoms with Crippen LogP contribution in [0, 0.1) is 0 Å². The summed E-state index contributed by atoms with van der Waals surface area (Å²) in [6, 6.07) is 5.65. The minimum atomic E-state index is -0.632. The molecule has 0 aliphatic heterocycles. The number of carbonyl (C=O) groups excluding carboxylic acids is 1. The number of fused-ring (bicyclic) bond motifs is 1. The van der Waals surface area contributed by atoms with Crippen LogP contribution in [-0.2, 0) is 11.2 Å². The molecule has 0 spiro atoms. The second-order valence-electron chi connectivity index (χ2n) is 7.86. The summed E-state index contributed by atoms with van der Waals surface area (Å²) in [5.41, 5.74) is 4.95. The molecule has 1 heterocycles. The number of carbonyl (C=O) groups is 1. The largest absolute Gasteiger partial charge is 0.490 e. The summed E-state index contributed by atoms with van der Waals surface area (Å²) in [7, 11) is 0. The standard InChI is InChI=1S/C20H30N4O3/c1-13(2)23-24-18(26)9-14-10-21-16-7-6-8-17(19(14)16)27-12-15(25)11-22-20(3,4)5/h6-8,10,15,21-22,25H,9,11-12H2,1-5H3,(H,24,26). The van der Waals surface area contributed by atoms with Gasteiger partial charge in [0.05, 0.1) is 6.42 Å². The van der Waals surface area contributed by atoms with Crippen molar-refractivity contribution in [2.24, 2.45) is 5.10 Å². The fourth-order valence-corrected chi connectivity index (χ4v) is 2.53. The Morgan fingerprint density at radius 3 is 2.74 bits per heavy atom. The van der Waals surface area contributed by atoms with Gasteiger partial charge in [-0.2, -0.15) is 5.10 Å². The molecule has 0 bridgehead atoms. The van der Waals surface area contributed by atoms with Crippen molar-refractivity contribution in [3.05, 3.63) is 30.0 Å². The van der Waals surface area contributed by atoms with E-state index in [1.165, 1.54) is 0 Å². The molecular weight excluding hydrogens is 344 g/mol. The lowest BCUT2D eigenvalue weighted by Crippen LogP contribution is -2.42. The zero-order valence-electron chi connectivity index (χ0n) is 16.7. The number of hydrogen-bond acceptors (Lipinski definition) is 5. The van der Waals surface area contributed by atoms with Crippen LogP contribution < -0.4 is 15.5 Å². The first-order chi connectivity index (χ1) is 12.7. The van der Waals surface area contributed by atoms with Gasteiger partial charge in [-0.1, -0.05) is 6.07 Å². The summed E-state index contributed by atoms with van der Waals surface area (Å²) in [4.78, 5) is 15.3. The second-order valence-corrected chi connectivity index (χ2v) is 7.86. The monoisotopic (exact) mass is 374 g/mol. The number of aliphatic hydroxyl groups is 1. The number of aromatic nitrogens is 1. The molecule has 148 valence electrons. The van der Waals surface area contributed by atoms with Gasteiger partial charge in [0.2, 0.25) is 5.91 Å². The van der Waals surface area contributed by atoms with E-state index in [1.807, 2.05) is 52.8 Å². The summed E-state index contributed by atoms with van der Waals surface area (Å²) < 4.78 is 5.86. The zero-order chi connectivity index (χ0) is 20.0. The van der Waals surface area contributed by atoms with Crippen molar-refractivity contribution >= 4 is 22.5 Å². The number of amides is 1. The second kappa shape index (κ2) is 9.01. The molecule has 2 aromatic rings.